The van der Waals surface area contributed by atoms with E-state index < -0.39 is 11.7 Å². The highest BCUT2D eigenvalue weighted by Crippen LogP contribution is 2.83. The second-order valence-corrected chi connectivity index (χ2v) is 11.3. The normalized spacial score (nSPS) is 66.2. The quantitative estimate of drug-likeness (QED) is 0.577. The van der Waals surface area contributed by atoms with Gasteiger partial charge in [-0.25, -0.2) is 0 Å². The van der Waals surface area contributed by atoms with Crippen molar-refractivity contribution in [2.75, 3.05) is 19.7 Å². The minimum Gasteiger partial charge on any atom is -0.393 e. The smallest absolute Gasteiger partial charge is 0.117 e. The van der Waals surface area contributed by atoms with Gasteiger partial charge in [0.15, 0.2) is 0 Å². The molecular formula is C22H35NO4. The van der Waals surface area contributed by atoms with E-state index in [4.69, 9.17) is 0 Å². The van der Waals surface area contributed by atoms with Crippen LogP contribution in [0.3, 0.4) is 0 Å². The molecule has 0 amide bonds. The Balaban J connectivity index is 1.58. The lowest BCUT2D eigenvalue weighted by molar-refractivity contribution is -0.297. The fourth-order valence-corrected chi connectivity index (χ4v) is 10.4. The molecule has 7 aliphatic rings. The Kier molecular flexibility index (Phi) is 3.21. The van der Waals surface area contributed by atoms with Gasteiger partial charge in [-0.1, -0.05) is 13.8 Å². The predicted octanol–water partition coefficient (Wildman–Crippen LogP) is 0.988. The van der Waals surface area contributed by atoms with Crippen LogP contribution in [0.1, 0.15) is 52.4 Å². The standard InChI is InChI=1S/C22H35NO4/c1-3-23-10-19(2)6-5-16(25)22-14(19)9-13(17(22)23)20-7-4-12(8-15(20)22)21(27,11-24)18(20)26/h12-18,24-27H,3-11H2,1-2H3/t12?,13-,14+,15?,16?,17?,18?,19?,20?,21?,22?/m0/s1. The molecule has 11 atom stereocenters. The molecule has 0 aromatic carbocycles. The first-order chi connectivity index (χ1) is 12.8. The minimum atomic E-state index is -1.36. The van der Waals surface area contributed by atoms with Crippen LogP contribution < -0.4 is 0 Å². The van der Waals surface area contributed by atoms with Crippen LogP contribution >= 0.6 is 0 Å². The van der Waals surface area contributed by atoms with E-state index >= 15 is 0 Å². The van der Waals surface area contributed by atoms with E-state index in [1.54, 1.807) is 0 Å². The lowest BCUT2D eigenvalue weighted by atomic mass is 9.38. The van der Waals surface area contributed by atoms with Crippen LogP contribution in [-0.4, -0.2) is 68.9 Å². The van der Waals surface area contributed by atoms with Crippen molar-refractivity contribution in [2.24, 2.45) is 39.9 Å². The van der Waals surface area contributed by atoms with Crippen LogP contribution in [0.4, 0.5) is 0 Å². The van der Waals surface area contributed by atoms with E-state index in [-0.39, 0.29) is 40.8 Å². The summed E-state index contributed by atoms with van der Waals surface area (Å²) in [4.78, 5) is 2.63. The van der Waals surface area contributed by atoms with Gasteiger partial charge in [-0.05, 0) is 74.2 Å². The van der Waals surface area contributed by atoms with Crippen molar-refractivity contribution in [3.05, 3.63) is 0 Å². The molecule has 5 heteroatoms. The Morgan fingerprint density at radius 1 is 1.07 bits per heavy atom. The Morgan fingerprint density at radius 2 is 1.85 bits per heavy atom. The molecule has 27 heavy (non-hydrogen) atoms. The van der Waals surface area contributed by atoms with Gasteiger partial charge in [-0.2, -0.15) is 0 Å². The average molecular weight is 378 g/mol. The summed E-state index contributed by atoms with van der Waals surface area (Å²) < 4.78 is 0. The van der Waals surface area contributed by atoms with Crippen LogP contribution in [0, 0.1) is 39.9 Å². The Hall–Kier alpha value is -0.200. The molecule has 5 nitrogen and oxygen atoms in total. The highest BCUT2D eigenvalue weighted by Gasteiger charge is 2.86. The summed E-state index contributed by atoms with van der Waals surface area (Å²) in [5.74, 6) is 1.10. The summed E-state index contributed by atoms with van der Waals surface area (Å²) in [6.07, 6.45) is 4.61. The topological polar surface area (TPSA) is 84.2 Å². The van der Waals surface area contributed by atoms with Crippen molar-refractivity contribution in [2.45, 2.75) is 76.2 Å². The molecule has 0 aromatic heterocycles. The van der Waals surface area contributed by atoms with E-state index in [1.807, 2.05) is 0 Å². The van der Waals surface area contributed by atoms with Gasteiger partial charge in [0.25, 0.3) is 0 Å². The largest absolute Gasteiger partial charge is 0.393 e. The maximum absolute atomic E-state index is 11.5. The number of aliphatic hydroxyl groups is 4. The van der Waals surface area contributed by atoms with Gasteiger partial charge in [0.2, 0.25) is 0 Å². The van der Waals surface area contributed by atoms with Gasteiger partial charge in [0.05, 0.1) is 18.8 Å². The fourth-order valence-electron chi connectivity index (χ4n) is 10.4. The fraction of sp³-hybridized carbons (Fsp3) is 1.00. The zero-order chi connectivity index (χ0) is 19.0. The summed E-state index contributed by atoms with van der Waals surface area (Å²) in [6.45, 7) is 6.43. The molecule has 1 aliphatic heterocycles. The Morgan fingerprint density at radius 3 is 2.56 bits per heavy atom. The molecule has 0 aromatic rings. The molecule has 1 heterocycles. The van der Waals surface area contributed by atoms with Gasteiger partial charge in [0.1, 0.15) is 5.60 Å². The summed E-state index contributed by atoms with van der Waals surface area (Å²) in [5, 5.41) is 44.3. The molecule has 6 aliphatic carbocycles. The first-order valence-corrected chi connectivity index (χ1v) is 11.2. The van der Waals surface area contributed by atoms with Crippen LogP contribution in [0.15, 0.2) is 0 Å². The van der Waals surface area contributed by atoms with Crippen molar-refractivity contribution in [1.82, 2.24) is 4.90 Å². The van der Waals surface area contributed by atoms with Crippen molar-refractivity contribution < 1.29 is 20.4 Å². The molecule has 152 valence electrons. The molecule has 4 N–H and O–H groups in total. The molecule has 1 saturated heterocycles. The van der Waals surface area contributed by atoms with Crippen molar-refractivity contribution in [1.29, 1.82) is 0 Å². The van der Waals surface area contributed by atoms with Crippen molar-refractivity contribution in [3.63, 3.8) is 0 Å². The number of aliphatic hydroxyl groups excluding tert-OH is 3. The highest BCUT2D eigenvalue weighted by atomic mass is 16.4. The minimum absolute atomic E-state index is 0.0470. The molecule has 7 fully saturated rings. The molecular weight excluding hydrogens is 342 g/mol. The van der Waals surface area contributed by atoms with Gasteiger partial charge >= 0.3 is 0 Å². The first-order valence-electron chi connectivity index (χ1n) is 11.2. The Bertz CT molecular complexity index is 687. The molecule has 9 unspecified atom stereocenters. The number of hydrogen-bond acceptors (Lipinski definition) is 5. The van der Waals surface area contributed by atoms with Gasteiger partial charge < -0.3 is 20.4 Å². The Labute approximate surface area is 161 Å². The maximum Gasteiger partial charge on any atom is 0.117 e. The third-order valence-corrected chi connectivity index (χ3v) is 11.1. The third kappa shape index (κ3) is 1.53. The molecule has 7 rings (SSSR count). The third-order valence-electron chi connectivity index (χ3n) is 11.1. The first kappa shape index (κ1) is 17.6. The van der Waals surface area contributed by atoms with Crippen LogP contribution in [-0.2, 0) is 0 Å². The molecule has 2 spiro atoms. The zero-order valence-electron chi connectivity index (χ0n) is 16.6. The lowest BCUT2D eigenvalue weighted by Gasteiger charge is -2.69. The maximum atomic E-state index is 11.5. The number of rotatable bonds is 2. The highest BCUT2D eigenvalue weighted by molar-refractivity contribution is 5.35. The lowest BCUT2D eigenvalue weighted by Crippen LogP contribution is -2.74. The number of hydrogen-bond donors (Lipinski definition) is 4. The monoisotopic (exact) mass is 377 g/mol. The summed E-state index contributed by atoms with van der Waals surface area (Å²) >= 11 is 0. The van der Waals surface area contributed by atoms with E-state index in [9.17, 15) is 20.4 Å². The zero-order valence-corrected chi connectivity index (χ0v) is 16.6. The second kappa shape index (κ2) is 4.92. The van der Waals surface area contributed by atoms with Crippen LogP contribution in [0.25, 0.3) is 0 Å². The van der Waals surface area contributed by atoms with Crippen molar-refractivity contribution in [3.8, 4) is 0 Å². The molecule has 6 saturated carbocycles. The molecule has 0 radical (unpaired) electrons. The SMILES string of the molecule is CCN1CC2(C)CCC(O)C34C1[C@H](C[C@H]23)C12CCC(CC14)C(O)(CO)C2O. The van der Waals surface area contributed by atoms with E-state index in [2.05, 4.69) is 18.7 Å². The van der Waals surface area contributed by atoms with Gasteiger partial charge in [0, 0.05) is 23.4 Å². The summed E-state index contributed by atoms with van der Waals surface area (Å²) in [5.41, 5.74) is -1.55. The van der Waals surface area contributed by atoms with E-state index in [0.717, 1.165) is 51.6 Å². The summed E-state index contributed by atoms with van der Waals surface area (Å²) in [7, 11) is 0. The van der Waals surface area contributed by atoms with Gasteiger partial charge in [-0.3, -0.25) is 4.90 Å². The van der Waals surface area contributed by atoms with E-state index in [1.165, 1.54) is 0 Å². The summed E-state index contributed by atoms with van der Waals surface area (Å²) in [6, 6.07) is 0.329. The second-order valence-electron chi connectivity index (χ2n) is 11.3. The number of fused-ring (bicyclic) bond motifs is 2. The van der Waals surface area contributed by atoms with Crippen molar-refractivity contribution >= 4 is 0 Å². The average Bonchev–Trinajstić information content (AvgIpc) is 3.12. The predicted molar refractivity (Wildman–Crippen MR) is 99.7 cm³/mol. The number of nitrogens with zero attached hydrogens (tertiary/aromatic N) is 1. The number of likely N-dealkylation sites (tertiary alicyclic amines) is 1. The number of piperidine rings is 1. The van der Waals surface area contributed by atoms with Gasteiger partial charge in [-0.15, -0.1) is 0 Å². The van der Waals surface area contributed by atoms with E-state index in [0.29, 0.717) is 17.9 Å². The molecule has 7 bridgehead atoms. The van der Waals surface area contributed by atoms with Crippen LogP contribution in [0.5, 0.6) is 0 Å². The van der Waals surface area contributed by atoms with Crippen LogP contribution in [0.2, 0.25) is 0 Å².